The van der Waals surface area contributed by atoms with E-state index in [-0.39, 0.29) is 37.3 Å². The third-order valence-electron chi connectivity index (χ3n) is 5.76. The molecule has 2 aliphatic heterocycles. The minimum atomic E-state index is -0.656. The molecule has 33 heavy (non-hydrogen) atoms. The zero-order valence-corrected chi connectivity index (χ0v) is 17.5. The summed E-state index contributed by atoms with van der Waals surface area (Å²) in [5, 5.41) is 8.54. The van der Waals surface area contributed by atoms with Crippen molar-refractivity contribution in [2.24, 2.45) is 0 Å². The third-order valence-corrected chi connectivity index (χ3v) is 5.76. The summed E-state index contributed by atoms with van der Waals surface area (Å²) in [7, 11) is 0. The van der Waals surface area contributed by atoms with Crippen molar-refractivity contribution in [2.75, 3.05) is 5.32 Å². The van der Waals surface area contributed by atoms with E-state index in [0.717, 1.165) is 22.0 Å². The minimum absolute atomic E-state index is 0.200. The molecule has 166 valence electrons. The number of nitrogens with zero attached hydrogens (tertiary/aromatic N) is 3. The molecule has 1 unspecified atom stereocenters. The Labute approximate surface area is 188 Å². The Morgan fingerprint density at radius 3 is 2.85 bits per heavy atom. The highest BCUT2D eigenvalue weighted by atomic mass is 16.2. The number of carbonyl (C=O) groups is 4. The van der Waals surface area contributed by atoms with Gasteiger partial charge in [0.15, 0.2) is 0 Å². The number of para-hydroxylation sites is 1. The van der Waals surface area contributed by atoms with Crippen LogP contribution in [0.15, 0.2) is 48.7 Å². The number of nitrogens with one attached hydrogen (secondary N) is 3. The van der Waals surface area contributed by atoms with Gasteiger partial charge in [-0.2, -0.15) is 0 Å². The van der Waals surface area contributed by atoms with E-state index in [4.69, 9.17) is 0 Å². The molecular formula is C23H20N6O4. The zero-order chi connectivity index (χ0) is 22.9. The number of fused-ring (bicyclic) bond motifs is 2. The Kier molecular flexibility index (Phi) is 5.17. The van der Waals surface area contributed by atoms with Crippen LogP contribution in [-0.4, -0.2) is 44.7 Å². The van der Waals surface area contributed by atoms with Crippen LogP contribution in [0.2, 0.25) is 0 Å². The molecule has 2 aromatic carbocycles. The second-order valence-corrected chi connectivity index (χ2v) is 7.95. The van der Waals surface area contributed by atoms with Gasteiger partial charge < -0.3 is 10.2 Å². The molecule has 10 heteroatoms. The third kappa shape index (κ3) is 4.10. The summed E-state index contributed by atoms with van der Waals surface area (Å²) < 4.78 is 0. The second-order valence-electron chi connectivity index (χ2n) is 7.95. The first-order valence-electron chi connectivity index (χ1n) is 10.5. The molecule has 1 aromatic heterocycles. The van der Waals surface area contributed by atoms with Gasteiger partial charge in [0.25, 0.3) is 5.91 Å². The van der Waals surface area contributed by atoms with Crippen LogP contribution >= 0.6 is 0 Å². The highest BCUT2D eigenvalue weighted by Crippen LogP contribution is 2.28. The summed E-state index contributed by atoms with van der Waals surface area (Å²) in [6.45, 7) is 0.519. The second kappa shape index (κ2) is 8.30. The van der Waals surface area contributed by atoms with Gasteiger partial charge in [-0.15, -0.1) is 0 Å². The van der Waals surface area contributed by atoms with Gasteiger partial charge in [-0.3, -0.25) is 25.0 Å². The van der Waals surface area contributed by atoms with Crippen molar-refractivity contribution >= 4 is 40.6 Å². The van der Waals surface area contributed by atoms with Crippen molar-refractivity contribution in [3.8, 4) is 0 Å². The molecule has 2 aliphatic rings. The molecular weight excluding hydrogens is 424 g/mol. The molecule has 1 atom stereocenters. The van der Waals surface area contributed by atoms with Crippen molar-refractivity contribution in [1.29, 1.82) is 0 Å². The number of piperidine rings is 1. The van der Waals surface area contributed by atoms with Crippen molar-refractivity contribution in [2.45, 2.75) is 32.0 Å². The maximum absolute atomic E-state index is 12.8. The van der Waals surface area contributed by atoms with E-state index in [0.29, 0.717) is 12.0 Å². The molecule has 3 heterocycles. The fourth-order valence-electron chi connectivity index (χ4n) is 4.10. The average Bonchev–Trinajstić information content (AvgIpc) is 3.13. The van der Waals surface area contributed by atoms with Crippen LogP contribution in [0.25, 0.3) is 10.9 Å². The summed E-state index contributed by atoms with van der Waals surface area (Å²) in [6, 6.07) is 11.7. The standard InChI is InChI=1S/C23H20N6O4/c30-19-8-7-18(20(31)27-19)29-12-15-9-13(5-6-16(15)21(29)32)10-25-23(33)28-22-24-11-14-3-1-2-4-17(14)26-22/h1-6,9,11,18H,7-8,10,12H2,(H,27,30,31)(H2,24,25,26,28,33). The SMILES string of the molecule is O=C1CCC(N2Cc3cc(CNC(=O)Nc4ncc5ccccc5n4)ccc3C2=O)C(=O)N1. The predicted molar refractivity (Wildman–Crippen MR) is 118 cm³/mol. The molecule has 10 nitrogen and oxygen atoms in total. The smallest absolute Gasteiger partial charge is 0.321 e. The largest absolute Gasteiger partial charge is 0.334 e. The van der Waals surface area contributed by atoms with Gasteiger partial charge in [0, 0.05) is 36.7 Å². The van der Waals surface area contributed by atoms with Gasteiger partial charge in [-0.05, 0) is 29.7 Å². The van der Waals surface area contributed by atoms with E-state index in [2.05, 4.69) is 25.9 Å². The lowest BCUT2D eigenvalue weighted by Crippen LogP contribution is -2.52. The maximum atomic E-state index is 12.8. The van der Waals surface area contributed by atoms with E-state index in [1.807, 2.05) is 30.3 Å². The Hall–Kier alpha value is -4.34. The van der Waals surface area contributed by atoms with E-state index in [1.165, 1.54) is 4.90 Å². The number of hydrogen-bond donors (Lipinski definition) is 3. The van der Waals surface area contributed by atoms with E-state index < -0.39 is 18.0 Å². The highest BCUT2D eigenvalue weighted by Gasteiger charge is 2.39. The molecule has 1 saturated heterocycles. The number of imide groups is 1. The van der Waals surface area contributed by atoms with Crippen molar-refractivity contribution < 1.29 is 19.2 Å². The fraction of sp³-hybridized carbons (Fsp3) is 0.217. The Bertz CT molecular complexity index is 1310. The van der Waals surface area contributed by atoms with Gasteiger partial charge in [-0.25, -0.2) is 14.8 Å². The van der Waals surface area contributed by atoms with Crippen LogP contribution < -0.4 is 16.0 Å². The Balaban J connectivity index is 1.21. The highest BCUT2D eigenvalue weighted by molar-refractivity contribution is 6.05. The predicted octanol–water partition coefficient (Wildman–Crippen LogP) is 1.71. The topological polar surface area (TPSA) is 133 Å². The number of aromatic nitrogens is 2. The minimum Gasteiger partial charge on any atom is -0.334 e. The first kappa shape index (κ1) is 20.6. The number of amides is 5. The van der Waals surface area contributed by atoms with Crippen LogP contribution in [0.5, 0.6) is 0 Å². The first-order chi connectivity index (χ1) is 16.0. The Morgan fingerprint density at radius 2 is 2.00 bits per heavy atom. The number of rotatable bonds is 4. The number of anilines is 1. The maximum Gasteiger partial charge on any atom is 0.321 e. The van der Waals surface area contributed by atoms with Crippen LogP contribution in [0.4, 0.5) is 10.7 Å². The first-order valence-corrected chi connectivity index (χ1v) is 10.5. The van der Waals surface area contributed by atoms with Gasteiger partial charge in [0.2, 0.25) is 17.8 Å². The quantitative estimate of drug-likeness (QED) is 0.525. The van der Waals surface area contributed by atoms with Crippen molar-refractivity contribution in [3.05, 3.63) is 65.4 Å². The number of urea groups is 1. The average molecular weight is 444 g/mol. The Morgan fingerprint density at radius 1 is 1.15 bits per heavy atom. The lowest BCUT2D eigenvalue weighted by atomic mass is 10.0. The summed E-state index contributed by atoms with van der Waals surface area (Å²) in [6.07, 6.45) is 2.17. The summed E-state index contributed by atoms with van der Waals surface area (Å²) in [5.74, 6) is -0.793. The summed E-state index contributed by atoms with van der Waals surface area (Å²) >= 11 is 0. The molecule has 0 radical (unpaired) electrons. The summed E-state index contributed by atoms with van der Waals surface area (Å²) in [5.41, 5.74) is 2.84. The fourth-order valence-corrected chi connectivity index (χ4v) is 4.10. The molecule has 0 saturated carbocycles. The van der Waals surface area contributed by atoms with E-state index in [1.54, 1.807) is 18.3 Å². The van der Waals surface area contributed by atoms with Crippen LogP contribution in [0, 0.1) is 0 Å². The summed E-state index contributed by atoms with van der Waals surface area (Å²) in [4.78, 5) is 58.6. The van der Waals surface area contributed by atoms with Crippen LogP contribution in [0.3, 0.4) is 0 Å². The van der Waals surface area contributed by atoms with Crippen molar-refractivity contribution in [3.63, 3.8) is 0 Å². The normalized spacial score (nSPS) is 17.6. The van der Waals surface area contributed by atoms with Crippen molar-refractivity contribution in [1.82, 2.24) is 25.5 Å². The number of carbonyl (C=O) groups excluding carboxylic acids is 4. The van der Waals surface area contributed by atoms with Gasteiger partial charge >= 0.3 is 6.03 Å². The molecule has 5 rings (SSSR count). The molecule has 5 amide bonds. The monoisotopic (exact) mass is 444 g/mol. The van der Waals surface area contributed by atoms with E-state index >= 15 is 0 Å². The zero-order valence-electron chi connectivity index (χ0n) is 17.5. The van der Waals surface area contributed by atoms with Gasteiger partial charge in [-0.1, -0.05) is 30.3 Å². The lowest BCUT2D eigenvalue weighted by molar-refractivity contribution is -0.136. The molecule has 3 aromatic rings. The lowest BCUT2D eigenvalue weighted by Gasteiger charge is -2.29. The number of benzene rings is 2. The number of hydrogen-bond acceptors (Lipinski definition) is 6. The molecule has 3 N–H and O–H groups in total. The van der Waals surface area contributed by atoms with Crippen LogP contribution in [0.1, 0.15) is 34.3 Å². The molecule has 1 fully saturated rings. The van der Waals surface area contributed by atoms with E-state index in [9.17, 15) is 19.2 Å². The van der Waals surface area contributed by atoms with Crippen LogP contribution in [-0.2, 0) is 22.7 Å². The molecule has 0 aliphatic carbocycles. The molecule has 0 spiro atoms. The van der Waals surface area contributed by atoms with Gasteiger partial charge in [0.1, 0.15) is 6.04 Å². The molecule has 0 bridgehead atoms. The van der Waals surface area contributed by atoms with Gasteiger partial charge in [0.05, 0.1) is 5.52 Å².